The Labute approximate surface area is 120 Å². The fourth-order valence-electron chi connectivity index (χ4n) is 2.14. The van der Waals surface area contributed by atoms with E-state index < -0.39 is 29.2 Å². The summed E-state index contributed by atoms with van der Waals surface area (Å²) < 4.78 is 1.26. The molecule has 3 amide bonds. The van der Waals surface area contributed by atoms with E-state index in [-0.39, 0.29) is 18.8 Å². The number of nitrogens with one attached hydrogen (secondary N) is 1. The lowest BCUT2D eigenvalue weighted by Gasteiger charge is -2.40. The van der Waals surface area contributed by atoms with Crippen LogP contribution in [0.25, 0.3) is 0 Å². The van der Waals surface area contributed by atoms with E-state index in [1.807, 2.05) is 0 Å². The van der Waals surface area contributed by atoms with Crippen LogP contribution in [0.2, 0.25) is 0 Å². The van der Waals surface area contributed by atoms with E-state index in [2.05, 4.69) is 5.32 Å². The number of piperazine rings is 1. The van der Waals surface area contributed by atoms with Gasteiger partial charge in [0, 0.05) is 6.20 Å². The third-order valence-electron chi connectivity index (χ3n) is 3.38. The molecule has 0 aromatic carbocycles. The molecule has 0 spiro atoms. The van der Waals surface area contributed by atoms with Crippen molar-refractivity contribution < 1.29 is 24.3 Å². The molecule has 112 valence electrons. The first-order chi connectivity index (χ1) is 9.73. The van der Waals surface area contributed by atoms with Crippen molar-refractivity contribution >= 4 is 23.7 Å². The zero-order valence-corrected chi connectivity index (χ0v) is 11.6. The highest BCUT2D eigenvalue weighted by Crippen LogP contribution is 2.21. The zero-order chi connectivity index (χ0) is 15.8. The number of amides is 3. The molecule has 2 heterocycles. The third kappa shape index (κ3) is 2.64. The quantitative estimate of drug-likeness (QED) is 0.727. The molecule has 8 heteroatoms. The third-order valence-corrected chi connectivity index (χ3v) is 3.38. The second-order valence-corrected chi connectivity index (χ2v) is 5.24. The fourth-order valence-corrected chi connectivity index (χ4v) is 2.14. The van der Waals surface area contributed by atoms with Gasteiger partial charge in [0.2, 0.25) is 5.91 Å². The monoisotopic (exact) mass is 293 g/mol. The normalized spacial score (nSPS) is 17.5. The van der Waals surface area contributed by atoms with Crippen LogP contribution in [0.15, 0.2) is 18.3 Å². The smallest absolute Gasteiger partial charge is 0.323 e. The molecule has 2 rings (SSSR count). The molecule has 0 radical (unpaired) electrons. The van der Waals surface area contributed by atoms with E-state index in [1.165, 1.54) is 36.7 Å². The highest BCUT2D eigenvalue weighted by Gasteiger charge is 2.44. The van der Waals surface area contributed by atoms with E-state index in [1.54, 1.807) is 0 Å². The van der Waals surface area contributed by atoms with Crippen LogP contribution >= 0.6 is 0 Å². The minimum Gasteiger partial charge on any atom is -0.480 e. The van der Waals surface area contributed by atoms with Crippen LogP contribution in [0.1, 0.15) is 24.3 Å². The van der Waals surface area contributed by atoms with Crippen LogP contribution in [0.5, 0.6) is 0 Å². The number of carboxylic acid groups (broad SMARTS) is 1. The van der Waals surface area contributed by atoms with Crippen molar-refractivity contribution in [1.29, 1.82) is 0 Å². The molecule has 2 N–H and O–H groups in total. The largest absolute Gasteiger partial charge is 0.480 e. The molecule has 0 aliphatic carbocycles. The molecule has 0 unspecified atom stereocenters. The Morgan fingerprint density at radius 3 is 2.67 bits per heavy atom. The predicted octanol–water partition coefficient (Wildman–Crippen LogP) is -0.550. The Kier molecular flexibility index (Phi) is 3.54. The molecule has 0 atom stereocenters. The van der Waals surface area contributed by atoms with Crippen LogP contribution in [0.3, 0.4) is 0 Å². The average molecular weight is 293 g/mol. The zero-order valence-electron chi connectivity index (χ0n) is 11.6. The van der Waals surface area contributed by atoms with Gasteiger partial charge in [-0.25, -0.2) is 0 Å². The molecular weight excluding hydrogens is 278 g/mol. The van der Waals surface area contributed by atoms with E-state index in [0.717, 1.165) is 4.90 Å². The number of carboxylic acids is 1. The second kappa shape index (κ2) is 5.04. The first-order valence-corrected chi connectivity index (χ1v) is 6.26. The minimum atomic E-state index is -1.19. The number of carbonyl (C=O) groups is 4. The van der Waals surface area contributed by atoms with Gasteiger partial charge in [-0.1, -0.05) is 0 Å². The summed E-state index contributed by atoms with van der Waals surface area (Å²) >= 11 is 0. The Hall–Kier alpha value is -2.64. The van der Waals surface area contributed by atoms with Crippen molar-refractivity contribution in [3.63, 3.8) is 0 Å². The van der Waals surface area contributed by atoms with Gasteiger partial charge in [-0.05, 0) is 26.0 Å². The van der Waals surface area contributed by atoms with Crippen LogP contribution in [-0.4, -0.2) is 50.3 Å². The Bertz CT molecular complexity index is 632. The standard InChI is InChI=1S/C13H15N3O5/c1-13(2)12(21)14-9(17)6-16(13)11(20)8-4-3-5-15(8)7-10(18)19/h3-5H,6-7H2,1-2H3,(H,18,19)(H,14,17,21). The summed E-state index contributed by atoms with van der Waals surface area (Å²) in [6.45, 7) is 2.42. The van der Waals surface area contributed by atoms with Gasteiger partial charge >= 0.3 is 5.97 Å². The van der Waals surface area contributed by atoms with Crippen LogP contribution in [0, 0.1) is 0 Å². The molecular formula is C13H15N3O5. The minimum absolute atomic E-state index is 0.118. The highest BCUT2D eigenvalue weighted by molar-refractivity contribution is 6.08. The molecule has 8 nitrogen and oxygen atoms in total. The number of imide groups is 1. The number of hydrogen-bond acceptors (Lipinski definition) is 4. The molecule has 0 saturated carbocycles. The van der Waals surface area contributed by atoms with Gasteiger partial charge in [0.05, 0.1) is 0 Å². The molecule has 1 aliphatic rings. The first-order valence-electron chi connectivity index (χ1n) is 6.26. The highest BCUT2D eigenvalue weighted by atomic mass is 16.4. The maximum Gasteiger partial charge on any atom is 0.323 e. The molecule has 0 bridgehead atoms. The van der Waals surface area contributed by atoms with E-state index in [9.17, 15) is 19.2 Å². The molecule has 1 aromatic heterocycles. The number of nitrogens with zero attached hydrogens (tertiary/aromatic N) is 2. The lowest BCUT2D eigenvalue weighted by molar-refractivity contribution is -0.143. The van der Waals surface area contributed by atoms with Crippen molar-refractivity contribution in [3.8, 4) is 0 Å². The number of aliphatic carboxylic acids is 1. The summed E-state index contributed by atoms with van der Waals surface area (Å²) in [6.07, 6.45) is 1.46. The number of hydrogen-bond donors (Lipinski definition) is 2. The summed E-state index contributed by atoms with van der Waals surface area (Å²) in [7, 11) is 0. The summed E-state index contributed by atoms with van der Waals surface area (Å²) in [5, 5.41) is 11.0. The van der Waals surface area contributed by atoms with E-state index in [0.29, 0.717) is 0 Å². The van der Waals surface area contributed by atoms with Crippen LogP contribution in [0.4, 0.5) is 0 Å². The summed E-state index contributed by atoms with van der Waals surface area (Å²) in [6, 6.07) is 2.99. The molecule has 1 fully saturated rings. The summed E-state index contributed by atoms with van der Waals surface area (Å²) in [4.78, 5) is 47.8. The van der Waals surface area contributed by atoms with Crippen LogP contribution in [-0.2, 0) is 20.9 Å². The van der Waals surface area contributed by atoms with Crippen molar-refractivity contribution in [2.75, 3.05) is 6.54 Å². The van der Waals surface area contributed by atoms with Gasteiger partial charge in [0.15, 0.2) is 0 Å². The van der Waals surface area contributed by atoms with Crippen molar-refractivity contribution in [1.82, 2.24) is 14.8 Å². The van der Waals surface area contributed by atoms with E-state index in [4.69, 9.17) is 5.11 Å². The van der Waals surface area contributed by atoms with E-state index >= 15 is 0 Å². The molecule has 1 aliphatic heterocycles. The fraction of sp³-hybridized carbons (Fsp3) is 0.385. The second-order valence-electron chi connectivity index (χ2n) is 5.24. The Morgan fingerprint density at radius 2 is 2.05 bits per heavy atom. The molecule has 21 heavy (non-hydrogen) atoms. The SMILES string of the molecule is CC1(C)C(=O)NC(=O)CN1C(=O)c1cccn1CC(=O)O. The Balaban J connectivity index is 2.34. The van der Waals surface area contributed by atoms with Gasteiger partial charge in [-0.15, -0.1) is 0 Å². The number of aromatic nitrogens is 1. The first kappa shape index (κ1) is 14.8. The van der Waals surface area contributed by atoms with Crippen LogP contribution < -0.4 is 5.32 Å². The lowest BCUT2D eigenvalue weighted by atomic mass is 9.98. The summed E-state index contributed by atoms with van der Waals surface area (Å²) in [5.74, 6) is -2.78. The van der Waals surface area contributed by atoms with Crippen molar-refractivity contribution in [2.45, 2.75) is 25.9 Å². The van der Waals surface area contributed by atoms with Gasteiger partial charge in [-0.2, -0.15) is 0 Å². The number of carbonyl (C=O) groups excluding carboxylic acids is 3. The lowest BCUT2D eigenvalue weighted by Crippen LogP contribution is -2.65. The number of rotatable bonds is 3. The van der Waals surface area contributed by atoms with Crippen molar-refractivity contribution in [2.24, 2.45) is 0 Å². The Morgan fingerprint density at radius 1 is 1.38 bits per heavy atom. The topological polar surface area (TPSA) is 109 Å². The van der Waals surface area contributed by atoms with Gasteiger partial charge < -0.3 is 14.6 Å². The molecule has 1 aromatic rings. The predicted molar refractivity (Wildman–Crippen MR) is 70.3 cm³/mol. The van der Waals surface area contributed by atoms with Gasteiger partial charge in [0.25, 0.3) is 11.8 Å². The van der Waals surface area contributed by atoms with Gasteiger partial charge in [-0.3, -0.25) is 24.5 Å². The maximum atomic E-state index is 12.5. The maximum absolute atomic E-state index is 12.5. The molecule has 1 saturated heterocycles. The van der Waals surface area contributed by atoms with Gasteiger partial charge in [0.1, 0.15) is 24.3 Å². The van der Waals surface area contributed by atoms with Crippen molar-refractivity contribution in [3.05, 3.63) is 24.0 Å². The summed E-state index contributed by atoms with van der Waals surface area (Å²) in [5.41, 5.74) is -1.07. The average Bonchev–Trinajstić information content (AvgIpc) is 2.80.